The van der Waals surface area contributed by atoms with Crippen molar-refractivity contribution < 1.29 is 19.4 Å². The average molecular weight is 507 g/mol. The average Bonchev–Trinajstić information content (AvgIpc) is 3.09. The smallest absolute Gasteiger partial charge is 0.295 e. The molecule has 0 saturated carbocycles. The molecule has 1 atom stereocenters. The molecule has 0 aliphatic carbocycles. The van der Waals surface area contributed by atoms with Crippen molar-refractivity contribution in [2.45, 2.75) is 73.0 Å². The van der Waals surface area contributed by atoms with E-state index in [1.807, 2.05) is 45.0 Å². The second-order valence-electron chi connectivity index (χ2n) is 11.0. The van der Waals surface area contributed by atoms with Crippen LogP contribution in [0.4, 0.5) is 0 Å². The Morgan fingerprint density at radius 2 is 1.68 bits per heavy atom. The van der Waals surface area contributed by atoms with Gasteiger partial charge in [0.15, 0.2) is 0 Å². The van der Waals surface area contributed by atoms with E-state index >= 15 is 0 Å². The van der Waals surface area contributed by atoms with E-state index in [1.54, 1.807) is 23.1 Å². The van der Waals surface area contributed by atoms with E-state index in [0.717, 1.165) is 35.5 Å². The Hall–Kier alpha value is -3.12. The number of Topliss-reactive ketones (excluding diaryl/α,β-unsaturated/α-hetero) is 1. The van der Waals surface area contributed by atoms with Crippen LogP contribution in [0.1, 0.15) is 76.8 Å². The van der Waals surface area contributed by atoms with Gasteiger partial charge in [0.1, 0.15) is 11.5 Å². The molecule has 37 heavy (non-hydrogen) atoms. The number of rotatable bonds is 9. The molecule has 1 saturated heterocycles. The van der Waals surface area contributed by atoms with Crippen LogP contribution in [0, 0.1) is 6.92 Å². The molecule has 1 unspecified atom stereocenters. The van der Waals surface area contributed by atoms with Gasteiger partial charge in [-0.25, -0.2) is 0 Å². The van der Waals surface area contributed by atoms with Crippen LogP contribution in [0.15, 0.2) is 48.0 Å². The summed E-state index contributed by atoms with van der Waals surface area (Å²) < 4.78 is 5.83. The minimum atomic E-state index is -0.656. The van der Waals surface area contributed by atoms with Crippen LogP contribution >= 0.6 is 0 Å². The van der Waals surface area contributed by atoms with Gasteiger partial charge in [-0.15, -0.1) is 0 Å². The highest BCUT2D eigenvalue weighted by atomic mass is 16.5. The van der Waals surface area contributed by atoms with Crippen LogP contribution in [-0.4, -0.2) is 58.9 Å². The lowest BCUT2D eigenvalue weighted by molar-refractivity contribution is -0.140. The second kappa shape index (κ2) is 11.5. The minimum absolute atomic E-state index is 0.0188. The van der Waals surface area contributed by atoms with Crippen LogP contribution < -0.4 is 4.74 Å². The van der Waals surface area contributed by atoms with E-state index in [1.165, 1.54) is 0 Å². The van der Waals surface area contributed by atoms with Gasteiger partial charge in [0.2, 0.25) is 0 Å². The number of amides is 1. The van der Waals surface area contributed by atoms with E-state index < -0.39 is 17.7 Å². The monoisotopic (exact) mass is 506 g/mol. The predicted molar refractivity (Wildman–Crippen MR) is 149 cm³/mol. The molecule has 6 nitrogen and oxygen atoms in total. The predicted octanol–water partition coefficient (Wildman–Crippen LogP) is 5.84. The highest BCUT2D eigenvalue weighted by molar-refractivity contribution is 6.46. The highest BCUT2D eigenvalue weighted by Crippen LogP contribution is 2.40. The fraction of sp³-hybridized carbons (Fsp3) is 0.484. The zero-order valence-corrected chi connectivity index (χ0v) is 23.6. The van der Waals surface area contributed by atoms with E-state index in [4.69, 9.17) is 4.74 Å². The fourth-order valence-corrected chi connectivity index (χ4v) is 4.75. The van der Waals surface area contributed by atoms with Crippen LogP contribution in [0.5, 0.6) is 5.75 Å². The summed E-state index contributed by atoms with van der Waals surface area (Å²) in [7, 11) is 0. The molecule has 0 bridgehead atoms. The molecule has 1 heterocycles. The molecule has 1 fully saturated rings. The Labute approximate surface area is 221 Å². The quantitative estimate of drug-likeness (QED) is 0.263. The van der Waals surface area contributed by atoms with Crippen LogP contribution in [0.3, 0.4) is 0 Å². The molecule has 1 aliphatic rings. The van der Waals surface area contributed by atoms with E-state index in [9.17, 15) is 14.7 Å². The molecule has 0 radical (unpaired) electrons. The number of carbonyl (C=O) groups is 2. The van der Waals surface area contributed by atoms with Crippen LogP contribution in [0.2, 0.25) is 0 Å². The number of nitrogens with zero attached hydrogens (tertiary/aromatic N) is 2. The Balaban J connectivity index is 2.11. The van der Waals surface area contributed by atoms with Crippen molar-refractivity contribution in [1.82, 2.24) is 9.80 Å². The summed E-state index contributed by atoms with van der Waals surface area (Å²) in [6.07, 6.45) is 0.0188. The van der Waals surface area contributed by atoms with E-state index in [-0.39, 0.29) is 22.9 Å². The first kappa shape index (κ1) is 28.5. The molecule has 3 rings (SSSR count). The van der Waals surface area contributed by atoms with Gasteiger partial charge in [0, 0.05) is 18.7 Å². The number of likely N-dealkylation sites (tertiary alicyclic amines) is 1. The molecular formula is C31H42N2O4. The molecule has 0 aromatic heterocycles. The topological polar surface area (TPSA) is 70.1 Å². The molecule has 1 N–H and O–H groups in total. The lowest BCUT2D eigenvalue weighted by atomic mass is 9.85. The largest absolute Gasteiger partial charge is 0.507 e. The Kier molecular flexibility index (Phi) is 8.85. The van der Waals surface area contributed by atoms with Gasteiger partial charge in [-0.05, 0) is 74.2 Å². The summed E-state index contributed by atoms with van der Waals surface area (Å²) in [5.74, 6) is -0.662. The van der Waals surface area contributed by atoms with Crippen molar-refractivity contribution in [3.05, 3.63) is 70.3 Å². The number of benzene rings is 2. The van der Waals surface area contributed by atoms with Gasteiger partial charge < -0.3 is 19.6 Å². The number of ketones is 1. The first-order chi connectivity index (χ1) is 17.4. The first-order valence-corrected chi connectivity index (χ1v) is 13.3. The first-order valence-electron chi connectivity index (χ1n) is 13.3. The van der Waals surface area contributed by atoms with E-state index in [0.29, 0.717) is 18.7 Å². The summed E-state index contributed by atoms with van der Waals surface area (Å²) >= 11 is 0. The third kappa shape index (κ3) is 6.24. The Morgan fingerprint density at radius 3 is 2.19 bits per heavy atom. The third-order valence-electron chi connectivity index (χ3n) is 7.00. The molecule has 2 aromatic carbocycles. The zero-order chi connectivity index (χ0) is 27.5. The maximum atomic E-state index is 13.4. The maximum absolute atomic E-state index is 13.4. The number of carbonyl (C=O) groups excluding carboxylic acids is 2. The lowest BCUT2D eigenvalue weighted by Crippen LogP contribution is -2.38. The zero-order valence-electron chi connectivity index (χ0n) is 23.6. The van der Waals surface area contributed by atoms with Crippen molar-refractivity contribution in [3.63, 3.8) is 0 Å². The summed E-state index contributed by atoms with van der Waals surface area (Å²) in [5, 5.41) is 11.4. The number of ether oxygens (including phenoxy) is 1. The molecule has 200 valence electrons. The van der Waals surface area contributed by atoms with Gasteiger partial charge in [0.05, 0.1) is 17.7 Å². The molecular weight excluding hydrogens is 464 g/mol. The normalized spacial score (nSPS) is 17.8. The molecule has 2 aromatic rings. The molecule has 1 amide bonds. The van der Waals surface area contributed by atoms with Crippen LogP contribution in [0.25, 0.3) is 5.76 Å². The fourth-order valence-electron chi connectivity index (χ4n) is 4.75. The third-order valence-corrected chi connectivity index (χ3v) is 7.00. The number of aliphatic hydroxyl groups excluding tert-OH is 1. The summed E-state index contributed by atoms with van der Waals surface area (Å²) in [5.41, 5.74) is 3.41. The summed E-state index contributed by atoms with van der Waals surface area (Å²) in [6, 6.07) is 12.7. The Morgan fingerprint density at radius 1 is 1.05 bits per heavy atom. The van der Waals surface area contributed by atoms with Gasteiger partial charge in [-0.1, -0.05) is 58.9 Å². The minimum Gasteiger partial charge on any atom is -0.507 e. The van der Waals surface area contributed by atoms with Crippen molar-refractivity contribution in [3.8, 4) is 5.75 Å². The molecule has 1 aliphatic heterocycles. The highest BCUT2D eigenvalue weighted by Gasteiger charge is 2.46. The van der Waals surface area contributed by atoms with Gasteiger partial charge in [0.25, 0.3) is 11.7 Å². The van der Waals surface area contributed by atoms with Crippen molar-refractivity contribution >= 4 is 17.4 Å². The van der Waals surface area contributed by atoms with Crippen LogP contribution in [-0.2, 0) is 15.0 Å². The summed E-state index contributed by atoms with van der Waals surface area (Å²) in [6.45, 7) is 19.2. The Bertz CT molecular complexity index is 1150. The van der Waals surface area contributed by atoms with E-state index in [2.05, 4.69) is 39.5 Å². The molecule has 0 spiro atoms. The van der Waals surface area contributed by atoms with Gasteiger partial charge in [-0.2, -0.15) is 0 Å². The number of aliphatic hydroxyl groups is 1. The van der Waals surface area contributed by atoms with Crippen molar-refractivity contribution in [2.75, 3.05) is 26.2 Å². The number of likely N-dealkylation sites (N-methyl/N-ethyl adjacent to an activating group) is 1. The second-order valence-corrected chi connectivity index (χ2v) is 11.0. The number of hydrogen-bond donors (Lipinski definition) is 1. The number of hydrogen-bond acceptors (Lipinski definition) is 5. The van der Waals surface area contributed by atoms with Crippen molar-refractivity contribution in [1.29, 1.82) is 0 Å². The summed E-state index contributed by atoms with van der Waals surface area (Å²) in [4.78, 5) is 30.5. The number of aryl methyl sites for hydroxylation is 1. The van der Waals surface area contributed by atoms with Crippen molar-refractivity contribution in [2.24, 2.45) is 0 Å². The SMILES string of the molecule is CCN(CC)CCN1C(=O)C(=O)/C(=C(\O)c2ccc(OC(C)C)c(C)c2)C1c1ccc(C(C)(C)C)cc1. The standard InChI is InChI=1S/C31H42N2O4/c1-9-32(10-2)17-18-33-27(22-11-14-24(15-12-22)31(6,7)8)26(29(35)30(33)36)28(34)23-13-16-25(21(5)19-23)37-20(3)4/h11-16,19-20,27,34H,9-10,17-18H2,1-8H3/b28-26-. The van der Waals surface area contributed by atoms with Gasteiger partial charge >= 0.3 is 0 Å². The van der Waals surface area contributed by atoms with Gasteiger partial charge in [-0.3, -0.25) is 9.59 Å². The maximum Gasteiger partial charge on any atom is 0.295 e. The molecule has 6 heteroatoms. The lowest BCUT2D eigenvalue weighted by Gasteiger charge is -2.28.